The zero-order valence-electron chi connectivity index (χ0n) is 11.2. The van der Waals surface area contributed by atoms with Crippen LogP contribution in [0.2, 0.25) is 0 Å². The number of rotatable bonds is 2. The van der Waals surface area contributed by atoms with E-state index in [1.165, 1.54) is 17.7 Å². The minimum absolute atomic E-state index is 0.526. The Balaban J connectivity index is 2.13. The van der Waals surface area contributed by atoms with Crippen molar-refractivity contribution in [3.05, 3.63) is 35.4 Å². The Hall–Kier alpha value is -0.860. The Labute approximate surface area is 105 Å². The predicted molar refractivity (Wildman–Crippen MR) is 73.2 cm³/mol. The molecule has 1 saturated heterocycles. The van der Waals surface area contributed by atoms with Crippen LogP contribution in [0.15, 0.2) is 24.3 Å². The van der Waals surface area contributed by atoms with E-state index in [0.29, 0.717) is 6.04 Å². The Kier molecular flexibility index (Phi) is 4.19. The third-order valence-electron chi connectivity index (χ3n) is 3.80. The molecule has 0 bridgehead atoms. The summed E-state index contributed by atoms with van der Waals surface area (Å²) in [4.78, 5) is 2.60. The minimum Gasteiger partial charge on any atom is -0.315 e. The van der Waals surface area contributed by atoms with E-state index in [0.717, 1.165) is 25.6 Å². The topological polar surface area (TPSA) is 15.3 Å². The minimum atomic E-state index is 0.526. The molecule has 94 valence electrons. The van der Waals surface area contributed by atoms with E-state index < -0.39 is 0 Å². The van der Waals surface area contributed by atoms with Crippen LogP contribution < -0.4 is 5.32 Å². The molecule has 2 atom stereocenters. The first-order valence-electron chi connectivity index (χ1n) is 6.68. The molecule has 0 amide bonds. The van der Waals surface area contributed by atoms with Crippen molar-refractivity contribution in [3.8, 4) is 0 Å². The van der Waals surface area contributed by atoms with Crippen LogP contribution in [0.3, 0.4) is 0 Å². The van der Waals surface area contributed by atoms with Crippen LogP contribution in [-0.4, -0.2) is 31.1 Å². The summed E-state index contributed by atoms with van der Waals surface area (Å²) in [6.45, 7) is 11.5. The Bertz CT molecular complexity index is 362. The summed E-state index contributed by atoms with van der Waals surface area (Å²) in [5.74, 6) is 0.740. The molecule has 2 unspecified atom stereocenters. The average Bonchev–Trinajstić information content (AvgIpc) is 2.54. The molecular weight excluding hydrogens is 208 g/mol. The Morgan fingerprint density at radius 1 is 1.35 bits per heavy atom. The van der Waals surface area contributed by atoms with Gasteiger partial charge in [-0.3, -0.25) is 4.90 Å². The molecule has 1 aromatic carbocycles. The monoisotopic (exact) mass is 232 g/mol. The largest absolute Gasteiger partial charge is 0.315 e. The van der Waals surface area contributed by atoms with Crippen LogP contribution in [-0.2, 0) is 0 Å². The van der Waals surface area contributed by atoms with Crippen LogP contribution in [0, 0.1) is 12.8 Å². The second-order valence-electron chi connectivity index (χ2n) is 5.34. The number of nitrogens with one attached hydrogen (secondary N) is 1. The number of hydrogen-bond acceptors (Lipinski definition) is 2. The van der Waals surface area contributed by atoms with Crippen molar-refractivity contribution in [1.82, 2.24) is 10.2 Å². The second kappa shape index (κ2) is 5.65. The molecule has 1 N–H and O–H groups in total. The molecule has 0 aliphatic carbocycles. The first kappa shape index (κ1) is 12.6. The lowest BCUT2D eigenvalue weighted by molar-refractivity contribution is 0.203. The van der Waals surface area contributed by atoms with Gasteiger partial charge in [-0.25, -0.2) is 0 Å². The smallest absolute Gasteiger partial charge is 0.0323 e. The highest BCUT2D eigenvalue weighted by atomic mass is 15.2. The summed E-state index contributed by atoms with van der Waals surface area (Å²) in [5.41, 5.74) is 2.88. The fourth-order valence-corrected chi connectivity index (χ4v) is 2.73. The highest BCUT2D eigenvalue weighted by Gasteiger charge is 2.21. The molecular formula is C15H24N2. The number of benzene rings is 1. The number of hydrogen-bond donors (Lipinski definition) is 1. The van der Waals surface area contributed by atoms with Crippen molar-refractivity contribution in [2.75, 3.05) is 26.2 Å². The summed E-state index contributed by atoms with van der Waals surface area (Å²) < 4.78 is 0. The lowest BCUT2D eigenvalue weighted by atomic mass is 10.0. The molecule has 1 aromatic rings. The van der Waals surface area contributed by atoms with Gasteiger partial charge in [-0.2, -0.15) is 0 Å². The fraction of sp³-hybridized carbons (Fsp3) is 0.600. The normalized spacial score (nSPS) is 24.3. The quantitative estimate of drug-likeness (QED) is 0.843. The van der Waals surface area contributed by atoms with Crippen LogP contribution in [0.25, 0.3) is 0 Å². The maximum absolute atomic E-state index is 3.51. The van der Waals surface area contributed by atoms with Gasteiger partial charge in [0.25, 0.3) is 0 Å². The second-order valence-corrected chi connectivity index (χ2v) is 5.34. The van der Waals surface area contributed by atoms with Gasteiger partial charge in [0.1, 0.15) is 0 Å². The molecule has 1 fully saturated rings. The summed E-state index contributed by atoms with van der Waals surface area (Å²) in [6.07, 6.45) is 0. The van der Waals surface area contributed by atoms with Gasteiger partial charge in [-0.15, -0.1) is 0 Å². The Morgan fingerprint density at radius 2 is 2.12 bits per heavy atom. The van der Waals surface area contributed by atoms with Crippen LogP contribution in [0.1, 0.15) is 31.0 Å². The van der Waals surface area contributed by atoms with E-state index in [2.05, 4.69) is 55.3 Å². The maximum atomic E-state index is 3.51. The molecule has 1 heterocycles. The van der Waals surface area contributed by atoms with Crippen molar-refractivity contribution in [2.45, 2.75) is 26.8 Å². The first-order valence-corrected chi connectivity index (χ1v) is 6.68. The molecule has 0 radical (unpaired) electrons. The predicted octanol–water partition coefficient (Wildman–Crippen LogP) is 2.60. The fourth-order valence-electron chi connectivity index (χ4n) is 2.73. The summed E-state index contributed by atoms with van der Waals surface area (Å²) in [7, 11) is 0. The first-order chi connectivity index (χ1) is 8.18. The zero-order chi connectivity index (χ0) is 12.3. The maximum Gasteiger partial charge on any atom is 0.0323 e. The third kappa shape index (κ3) is 3.08. The van der Waals surface area contributed by atoms with Crippen molar-refractivity contribution in [3.63, 3.8) is 0 Å². The average molecular weight is 232 g/mol. The van der Waals surface area contributed by atoms with Gasteiger partial charge in [-0.1, -0.05) is 31.2 Å². The SMILES string of the molecule is Cc1ccccc1C(C)N1CCNCC(C)C1. The summed E-state index contributed by atoms with van der Waals surface area (Å²) in [5, 5.41) is 3.51. The highest BCUT2D eigenvalue weighted by Crippen LogP contribution is 2.24. The van der Waals surface area contributed by atoms with E-state index >= 15 is 0 Å². The standard InChI is InChI=1S/C15H24N2/c1-12-10-16-8-9-17(11-12)14(3)15-7-5-4-6-13(15)2/h4-7,12,14,16H,8-11H2,1-3H3. The van der Waals surface area contributed by atoms with Crippen molar-refractivity contribution in [2.24, 2.45) is 5.92 Å². The molecule has 0 saturated carbocycles. The van der Waals surface area contributed by atoms with Gasteiger partial charge < -0.3 is 5.32 Å². The zero-order valence-corrected chi connectivity index (χ0v) is 11.2. The molecule has 1 aliphatic rings. The van der Waals surface area contributed by atoms with Gasteiger partial charge in [0.05, 0.1) is 0 Å². The molecule has 0 spiro atoms. The lowest BCUT2D eigenvalue weighted by Crippen LogP contribution is -2.32. The molecule has 2 rings (SSSR count). The van der Waals surface area contributed by atoms with Crippen LogP contribution in [0.5, 0.6) is 0 Å². The summed E-state index contributed by atoms with van der Waals surface area (Å²) in [6, 6.07) is 9.28. The van der Waals surface area contributed by atoms with E-state index in [1.54, 1.807) is 0 Å². The number of aryl methyl sites for hydroxylation is 1. The van der Waals surface area contributed by atoms with E-state index in [4.69, 9.17) is 0 Å². The van der Waals surface area contributed by atoms with Gasteiger partial charge in [-0.05, 0) is 37.4 Å². The molecule has 0 aromatic heterocycles. The van der Waals surface area contributed by atoms with Crippen molar-refractivity contribution in [1.29, 1.82) is 0 Å². The molecule has 2 heteroatoms. The van der Waals surface area contributed by atoms with Crippen LogP contribution >= 0.6 is 0 Å². The van der Waals surface area contributed by atoms with Crippen molar-refractivity contribution >= 4 is 0 Å². The number of nitrogens with zero attached hydrogens (tertiary/aromatic N) is 1. The van der Waals surface area contributed by atoms with Gasteiger partial charge in [0.2, 0.25) is 0 Å². The van der Waals surface area contributed by atoms with Gasteiger partial charge in [0.15, 0.2) is 0 Å². The van der Waals surface area contributed by atoms with Crippen LogP contribution in [0.4, 0.5) is 0 Å². The Morgan fingerprint density at radius 3 is 2.88 bits per heavy atom. The molecule has 17 heavy (non-hydrogen) atoms. The van der Waals surface area contributed by atoms with Gasteiger partial charge in [0, 0.05) is 25.7 Å². The molecule has 1 aliphatic heterocycles. The third-order valence-corrected chi connectivity index (χ3v) is 3.80. The summed E-state index contributed by atoms with van der Waals surface area (Å²) >= 11 is 0. The van der Waals surface area contributed by atoms with E-state index in [9.17, 15) is 0 Å². The van der Waals surface area contributed by atoms with E-state index in [1.807, 2.05) is 0 Å². The van der Waals surface area contributed by atoms with Crippen molar-refractivity contribution < 1.29 is 0 Å². The highest BCUT2D eigenvalue weighted by molar-refractivity contribution is 5.28. The van der Waals surface area contributed by atoms with E-state index in [-0.39, 0.29) is 0 Å². The molecule has 2 nitrogen and oxygen atoms in total. The lowest BCUT2D eigenvalue weighted by Gasteiger charge is -2.30. The van der Waals surface area contributed by atoms with Gasteiger partial charge >= 0.3 is 0 Å².